The number of hydrogen-bond acceptors (Lipinski definition) is 6. The number of carbonyl (C=O) groups is 1. The van der Waals surface area contributed by atoms with Gasteiger partial charge in [-0.1, -0.05) is 17.7 Å². The highest BCUT2D eigenvalue weighted by Crippen LogP contribution is 2.37. The number of hydrogen-bond donors (Lipinski definition) is 0. The molecule has 0 aliphatic carbocycles. The number of fused-ring (bicyclic) bond motifs is 1. The molecular weight excluding hydrogens is 424 g/mol. The van der Waals surface area contributed by atoms with Gasteiger partial charge in [0.1, 0.15) is 16.4 Å². The Balaban J connectivity index is 1.86. The topological polar surface area (TPSA) is 74.3 Å². The SMILES string of the molecule is COC(=O)c1ccc(Cn2c(C)nc3sc(C)c(-c4ccc(Cl)c(C)c4)c3c2=O)o1. The molecule has 4 aromatic rings. The first kappa shape index (κ1) is 20.4. The summed E-state index contributed by atoms with van der Waals surface area (Å²) < 4.78 is 11.8. The molecule has 3 aromatic heterocycles. The van der Waals surface area contributed by atoms with E-state index < -0.39 is 5.97 Å². The summed E-state index contributed by atoms with van der Waals surface area (Å²) in [5, 5.41) is 1.26. The number of methoxy groups -OCH3 is 1. The number of carbonyl (C=O) groups excluding carboxylic acids is 1. The highest BCUT2D eigenvalue weighted by atomic mass is 35.5. The highest BCUT2D eigenvalue weighted by Gasteiger charge is 2.20. The van der Waals surface area contributed by atoms with E-state index in [0.717, 1.165) is 21.6 Å². The Morgan fingerprint density at radius 3 is 2.70 bits per heavy atom. The predicted molar refractivity (Wildman–Crippen MR) is 118 cm³/mol. The molecule has 0 N–H and O–H groups in total. The second-order valence-corrected chi connectivity index (χ2v) is 8.60. The van der Waals surface area contributed by atoms with Crippen molar-refractivity contribution < 1.29 is 13.9 Å². The lowest BCUT2D eigenvalue weighted by Gasteiger charge is -2.09. The first-order valence-electron chi connectivity index (χ1n) is 9.24. The average Bonchev–Trinajstić information content (AvgIpc) is 3.31. The average molecular weight is 443 g/mol. The van der Waals surface area contributed by atoms with E-state index in [4.69, 9.17) is 16.0 Å². The third kappa shape index (κ3) is 3.44. The van der Waals surface area contributed by atoms with Crippen LogP contribution < -0.4 is 5.56 Å². The Hall–Kier alpha value is -2.90. The van der Waals surface area contributed by atoms with Crippen molar-refractivity contribution in [2.45, 2.75) is 27.3 Å². The minimum absolute atomic E-state index is 0.0935. The molecule has 0 amide bonds. The van der Waals surface area contributed by atoms with Crippen molar-refractivity contribution in [1.29, 1.82) is 0 Å². The number of nitrogens with zero attached hydrogens (tertiary/aromatic N) is 2. The lowest BCUT2D eigenvalue weighted by atomic mass is 10.0. The molecular formula is C22H19ClN2O4S. The standard InChI is InChI=1S/C22H19ClN2O4S/c1-11-9-14(5-7-16(11)23)18-12(2)30-20-19(18)21(26)25(13(3)24-20)10-15-6-8-17(29-15)22(27)28-4/h5-9H,10H2,1-4H3. The van der Waals surface area contributed by atoms with E-state index in [1.54, 1.807) is 17.6 Å². The zero-order chi connectivity index (χ0) is 21.6. The number of esters is 1. The lowest BCUT2D eigenvalue weighted by Crippen LogP contribution is -2.24. The highest BCUT2D eigenvalue weighted by molar-refractivity contribution is 7.19. The first-order chi connectivity index (χ1) is 14.3. The number of furan rings is 1. The van der Waals surface area contributed by atoms with Gasteiger partial charge in [0.15, 0.2) is 0 Å². The summed E-state index contributed by atoms with van der Waals surface area (Å²) in [5.74, 6) is 0.574. The van der Waals surface area contributed by atoms with E-state index in [1.807, 2.05) is 32.0 Å². The van der Waals surface area contributed by atoms with Crippen molar-refractivity contribution in [3.63, 3.8) is 0 Å². The van der Waals surface area contributed by atoms with Crippen LogP contribution in [0.4, 0.5) is 0 Å². The maximum absolute atomic E-state index is 13.5. The number of benzene rings is 1. The van der Waals surface area contributed by atoms with Crippen molar-refractivity contribution >= 4 is 39.1 Å². The molecule has 30 heavy (non-hydrogen) atoms. The van der Waals surface area contributed by atoms with Crippen molar-refractivity contribution in [3.8, 4) is 11.1 Å². The molecule has 6 nitrogen and oxygen atoms in total. The van der Waals surface area contributed by atoms with Crippen LogP contribution in [0.3, 0.4) is 0 Å². The number of rotatable bonds is 4. The molecule has 8 heteroatoms. The van der Waals surface area contributed by atoms with E-state index in [-0.39, 0.29) is 17.9 Å². The van der Waals surface area contributed by atoms with Crippen molar-refractivity contribution in [3.05, 3.63) is 73.5 Å². The van der Waals surface area contributed by atoms with Crippen LogP contribution in [-0.2, 0) is 11.3 Å². The molecule has 1 aromatic carbocycles. The Morgan fingerprint density at radius 2 is 2.00 bits per heavy atom. The molecule has 0 atom stereocenters. The summed E-state index contributed by atoms with van der Waals surface area (Å²) in [6.07, 6.45) is 0. The third-order valence-corrected chi connectivity index (χ3v) is 6.41. The number of aryl methyl sites for hydroxylation is 3. The fourth-order valence-corrected chi connectivity index (χ4v) is 4.66. The summed E-state index contributed by atoms with van der Waals surface area (Å²) in [7, 11) is 1.29. The van der Waals surface area contributed by atoms with Gasteiger partial charge in [0.25, 0.3) is 5.56 Å². The molecule has 154 valence electrons. The van der Waals surface area contributed by atoms with Crippen molar-refractivity contribution in [2.24, 2.45) is 0 Å². The lowest BCUT2D eigenvalue weighted by molar-refractivity contribution is 0.0563. The summed E-state index contributed by atoms with van der Waals surface area (Å²) in [6.45, 7) is 5.87. The molecule has 0 saturated carbocycles. The van der Waals surface area contributed by atoms with E-state index in [0.29, 0.717) is 26.8 Å². The van der Waals surface area contributed by atoms with Crippen molar-refractivity contribution in [1.82, 2.24) is 9.55 Å². The Bertz CT molecular complexity index is 1350. The molecule has 0 unspecified atom stereocenters. The van der Waals surface area contributed by atoms with Crippen LogP contribution in [0.15, 0.2) is 39.5 Å². The molecule has 0 fully saturated rings. The fraction of sp³-hybridized carbons (Fsp3) is 0.227. The van der Waals surface area contributed by atoms with Gasteiger partial charge in [0.2, 0.25) is 5.76 Å². The maximum atomic E-state index is 13.5. The van der Waals surface area contributed by atoms with Crippen LogP contribution in [0.1, 0.15) is 32.6 Å². The van der Waals surface area contributed by atoms with Gasteiger partial charge in [-0.15, -0.1) is 11.3 Å². The third-order valence-electron chi connectivity index (χ3n) is 4.99. The second-order valence-electron chi connectivity index (χ2n) is 6.99. The zero-order valence-corrected chi connectivity index (χ0v) is 18.5. The van der Waals surface area contributed by atoms with Crippen molar-refractivity contribution in [2.75, 3.05) is 7.11 Å². The van der Waals surface area contributed by atoms with E-state index in [9.17, 15) is 9.59 Å². The number of halogens is 1. The largest absolute Gasteiger partial charge is 0.463 e. The van der Waals surface area contributed by atoms with Crippen LogP contribution in [0.2, 0.25) is 5.02 Å². The van der Waals surface area contributed by atoms with Crippen LogP contribution >= 0.6 is 22.9 Å². The summed E-state index contributed by atoms with van der Waals surface area (Å²) in [4.78, 5) is 31.5. The monoisotopic (exact) mass is 442 g/mol. The van der Waals surface area contributed by atoms with E-state index in [2.05, 4.69) is 9.72 Å². The van der Waals surface area contributed by atoms with Gasteiger partial charge in [-0.25, -0.2) is 9.78 Å². The maximum Gasteiger partial charge on any atom is 0.373 e. The van der Waals surface area contributed by atoms with Crippen LogP contribution in [0, 0.1) is 20.8 Å². The molecule has 0 aliphatic heterocycles. The Labute approximate surface area is 181 Å². The molecule has 3 heterocycles. The number of aromatic nitrogens is 2. The molecule has 0 aliphatic rings. The van der Waals surface area contributed by atoms with E-state index >= 15 is 0 Å². The van der Waals surface area contributed by atoms with Gasteiger partial charge < -0.3 is 9.15 Å². The summed E-state index contributed by atoms with van der Waals surface area (Å²) >= 11 is 7.68. The second kappa shape index (κ2) is 7.74. The fourth-order valence-electron chi connectivity index (χ4n) is 3.46. The summed E-state index contributed by atoms with van der Waals surface area (Å²) in [5.41, 5.74) is 2.59. The van der Waals surface area contributed by atoms with Gasteiger partial charge in [-0.3, -0.25) is 9.36 Å². The van der Waals surface area contributed by atoms with Gasteiger partial charge in [-0.05, 0) is 56.2 Å². The minimum Gasteiger partial charge on any atom is -0.463 e. The number of thiophene rings is 1. The molecule has 0 radical (unpaired) electrons. The molecule has 0 saturated heterocycles. The van der Waals surface area contributed by atoms with Crippen LogP contribution in [0.5, 0.6) is 0 Å². The molecule has 0 bridgehead atoms. The minimum atomic E-state index is -0.562. The van der Waals surface area contributed by atoms with E-state index in [1.165, 1.54) is 24.5 Å². The quantitative estimate of drug-likeness (QED) is 0.409. The van der Waals surface area contributed by atoms with Gasteiger partial charge >= 0.3 is 5.97 Å². The summed E-state index contributed by atoms with van der Waals surface area (Å²) in [6, 6.07) is 8.93. The predicted octanol–water partition coefficient (Wildman–Crippen LogP) is 5.13. The Kier molecular flexibility index (Phi) is 5.26. The van der Waals surface area contributed by atoms with Gasteiger partial charge in [0, 0.05) is 15.5 Å². The van der Waals surface area contributed by atoms with Gasteiger partial charge in [-0.2, -0.15) is 0 Å². The zero-order valence-electron chi connectivity index (χ0n) is 16.9. The number of ether oxygens (including phenoxy) is 1. The van der Waals surface area contributed by atoms with Crippen LogP contribution in [0.25, 0.3) is 21.3 Å². The first-order valence-corrected chi connectivity index (χ1v) is 10.4. The normalized spacial score (nSPS) is 11.2. The smallest absolute Gasteiger partial charge is 0.373 e. The van der Waals surface area contributed by atoms with Gasteiger partial charge in [0.05, 0.1) is 19.0 Å². The van der Waals surface area contributed by atoms with Crippen LogP contribution in [-0.4, -0.2) is 22.6 Å². The molecule has 4 rings (SSSR count). The Morgan fingerprint density at radius 1 is 1.23 bits per heavy atom. The molecule has 0 spiro atoms.